The molecule has 0 fully saturated rings. The fourth-order valence-electron chi connectivity index (χ4n) is 2.53. The lowest BCUT2D eigenvalue weighted by Gasteiger charge is -2.16. The van der Waals surface area contributed by atoms with E-state index in [1.807, 2.05) is 18.2 Å². The fourth-order valence-corrected chi connectivity index (χ4v) is 2.92. The molecule has 0 saturated carbocycles. The Hall–Kier alpha value is -2.97. The number of likely N-dealkylation sites (N-methyl/N-ethyl adjacent to an activating group) is 1. The SMILES string of the molecule is CCOC(=O)/C=C/c1ccc(NC(=O)CN(C)CC(=O)Nc2ccccc2Br)cc1. The Morgan fingerprint density at radius 1 is 1.00 bits per heavy atom. The van der Waals surface area contributed by atoms with Crippen molar-refractivity contribution in [2.24, 2.45) is 0 Å². The molecule has 2 aromatic carbocycles. The number of nitrogens with one attached hydrogen (secondary N) is 2. The number of rotatable bonds is 9. The lowest BCUT2D eigenvalue weighted by atomic mass is 10.2. The molecule has 0 radical (unpaired) electrons. The van der Waals surface area contributed by atoms with E-state index >= 15 is 0 Å². The summed E-state index contributed by atoms with van der Waals surface area (Å²) < 4.78 is 5.62. The third kappa shape index (κ3) is 8.18. The highest BCUT2D eigenvalue weighted by Gasteiger charge is 2.12. The van der Waals surface area contributed by atoms with Crippen LogP contribution in [0.4, 0.5) is 11.4 Å². The zero-order chi connectivity index (χ0) is 21.9. The van der Waals surface area contributed by atoms with Crippen LogP contribution in [-0.2, 0) is 19.1 Å². The highest BCUT2D eigenvalue weighted by molar-refractivity contribution is 9.10. The second kappa shape index (κ2) is 11.9. The number of hydrogen-bond donors (Lipinski definition) is 2. The van der Waals surface area contributed by atoms with Crippen molar-refractivity contribution in [3.63, 3.8) is 0 Å². The summed E-state index contributed by atoms with van der Waals surface area (Å²) >= 11 is 3.38. The summed E-state index contributed by atoms with van der Waals surface area (Å²) in [5.74, 6) is -0.850. The van der Waals surface area contributed by atoms with Gasteiger partial charge in [0, 0.05) is 16.2 Å². The molecule has 8 heteroatoms. The quantitative estimate of drug-likeness (QED) is 0.429. The van der Waals surface area contributed by atoms with Crippen molar-refractivity contribution < 1.29 is 19.1 Å². The Morgan fingerprint density at radius 2 is 1.63 bits per heavy atom. The van der Waals surface area contributed by atoms with Crippen LogP contribution < -0.4 is 10.6 Å². The molecule has 0 atom stereocenters. The average Bonchev–Trinajstić information content (AvgIpc) is 2.69. The first kappa shape index (κ1) is 23.3. The van der Waals surface area contributed by atoms with Crippen LogP contribution in [0.15, 0.2) is 59.1 Å². The molecule has 0 unspecified atom stereocenters. The number of nitrogens with zero attached hydrogens (tertiary/aromatic N) is 1. The van der Waals surface area contributed by atoms with E-state index in [4.69, 9.17) is 4.74 Å². The third-order valence-corrected chi connectivity index (χ3v) is 4.56. The number of anilines is 2. The van der Waals surface area contributed by atoms with Crippen LogP contribution in [-0.4, -0.2) is 49.4 Å². The molecule has 30 heavy (non-hydrogen) atoms. The fraction of sp³-hybridized carbons (Fsp3) is 0.227. The summed E-state index contributed by atoms with van der Waals surface area (Å²) in [4.78, 5) is 37.3. The molecule has 2 N–H and O–H groups in total. The van der Waals surface area contributed by atoms with Gasteiger partial charge in [-0.2, -0.15) is 0 Å². The van der Waals surface area contributed by atoms with Gasteiger partial charge in [0.2, 0.25) is 11.8 Å². The molecule has 0 aliphatic heterocycles. The zero-order valence-corrected chi connectivity index (χ0v) is 18.4. The number of carbonyl (C=O) groups excluding carboxylic acids is 3. The van der Waals surface area contributed by atoms with Crippen LogP contribution in [0.2, 0.25) is 0 Å². The van der Waals surface area contributed by atoms with Crippen LogP contribution in [0.3, 0.4) is 0 Å². The normalized spacial score (nSPS) is 10.8. The molecule has 0 aromatic heterocycles. The van der Waals surface area contributed by atoms with Gasteiger partial charge in [0.15, 0.2) is 0 Å². The highest BCUT2D eigenvalue weighted by Crippen LogP contribution is 2.21. The van der Waals surface area contributed by atoms with E-state index < -0.39 is 5.97 Å². The monoisotopic (exact) mass is 473 g/mol. The summed E-state index contributed by atoms with van der Waals surface area (Å²) in [5, 5.41) is 5.58. The maximum Gasteiger partial charge on any atom is 0.330 e. The van der Waals surface area contributed by atoms with Gasteiger partial charge in [-0.3, -0.25) is 14.5 Å². The topological polar surface area (TPSA) is 87.7 Å². The minimum absolute atomic E-state index is 0.0634. The first-order chi connectivity index (χ1) is 14.4. The van der Waals surface area contributed by atoms with Crippen LogP contribution in [0.1, 0.15) is 12.5 Å². The van der Waals surface area contributed by atoms with Crippen molar-refractivity contribution in [3.05, 3.63) is 64.6 Å². The molecule has 0 heterocycles. The molecule has 2 rings (SSSR count). The molecule has 2 amide bonds. The second-order valence-corrected chi connectivity index (χ2v) is 7.31. The van der Waals surface area contributed by atoms with Gasteiger partial charge in [-0.25, -0.2) is 4.79 Å². The molecule has 2 aromatic rings. The standard InChI is InChI=1S/C22H24BrN3O4/c1-3-30-22(29)13-10-16-8-11-17(12-9-16)24-20(27)14-26(2)15-21(28)25-19-7-5-4-6-18(19)23/h4-13H,3,14-15H2,1-2H3,(H,24,27)(H,25,28)/b13-10+. The summed E-state index contributed by atoms with van der Waals surface area (Å²) in [6.45, 7) is 2.21. The van der Waals surface area contributed by atoms with Gasteiger partial charge in [-0.15, -0.1) is 0 Å². The van der Waals surface area contributed by atoms with Crippen LogP contribution in [0.5, 0.6) is 0 Å². The van der Waals surface area contributed by atoms with E-state index in [-0.39, 0.29) is 24.9 Å². The Balaban J connectivity index is 1.79. The molecule has 0 aliphatic carbocycles. The average molecular weight is 474 g/mol. The number of amides is 2. The lowest BCUT2D eigenvalue weighted by Crippen LogP contribution is -2.36. The minimum Gasteiger partial charge on any atom is -0.463 e. The van der Waals surface area contributed by atoms with Crippen molar-refractivity contribution in [3.8, 4) is 0 Å². The Morgan fingerprint density at radius 3 is 2.27 bits per heavy atom. The summed E-state index contributed by atoms with van der Waals surface area (Å²) in [6.07, 6.45) is 2.99. The first-order valence-corrected chi connectivity index (χ1v) is 10.1. The number of carbonyl (C=O) groups is 3. The second-order valence-electron chi connectivity index (χ2n) is 6.46. The van der Waals surface area contributed by atoms with Gasteiger partial charge in [0.05, 0.1) is 25.4 Å². The van der Waals surface area contributed by atoms with Gasteiger partial charge in [0.1, 0.15) is 0 Å². The van der Waals surface area contributed by atoms with E-state index in [0.29, 0.717) is 18.0 Å². The van der Waals surface area contributed by atoms with E-state index in [1.165, 1.54) is 6.08 Å². The van der Waals surface area contributed by atoms with Gasteiger partial charge >= 0.3 is 5.97 Å². The predicted octanol–water partition coefficient (Wildman–Crippen LogP) is 3.53. The van der Waals surface area contributed by atoms with Gasteiger partial charge in [-0.1, -0.05) is 24.3 Å². The van der Waals surface area contributed by atoms with Gasteiger partial charge < -0.3 is 15.4 Å². The number of hydrogen-bond acceptors (Lipinski definition) is 5. The minimum atomic E-state index is -0.401. The number of esters is 1. The molecule has 0 aliphatic rings. The maximum absolute atomic E-state index is 12.2. The molecule has 0 saturated heterocycles. The maximum atomic E-state index is 12.2. The zero-order valence-electron chi connectivity index (χ0n) is 16.9. The number of benzene rings is 2. The predicted molar refractivity (Wildman–Crippen MR) is 121 cm³/mol. The van der Waals surface area contributed by atoms with Gasteiger partial charge in [0.25, 0.3) is 0 Å². The van der Waals surface area contributed by atoms with Crippen molar-refractivity contribution >= 4 is 51.2 Å². The smallest absolute Gasteiger partial charge is 0.330 e. The molecular formula is C22H24BrN3O4. The number of halogens is 1. The molecular weight excluding hydrogens is 450 g/mol. The van der Waals surface area contributed by atoms with E-state index in [0.717, 1.165) is 10.0 Å². The van der Waals surface area contributed by atoms with Gasteiger partial charge in [-0.05, 0) is 65.8 Å². The summed E-state index contributed by atoms with van der Waals surface area (Å²) in [5.41, 5.74) is 2.11. The number of para-hydroxylation sites is 1. The van der Waals surface area contributed by atoms with Crippen molar-refractivity contribution in [1.29, 1.82) is 0 Å². The van der Waals surface area contributed by atoms with Crippen molar-refractivity contribution in [2.45, 2.75) is 6.92 Å². The largest absolute Gasteiger partial charge is 0.463 e. The Bertz CT molecular complexity index is 913. The Kier molecular flexibility index (Phi) is 9.24. The molecule has 7 nitrogen and oxygen atoms in total. The Labute approximate surface area is 184 Å². The van der Waals surface area contributed by atoms with E-state index in [2.05, 4.69) is 26.6 Å². The highest BCUT2D eigenvalue weighted by atomic mass is 79.9. The third-order valence-electron chi connectivity index (χ3n) is 3.87. The van der Waals surface area contributed by atoms with Crippen molar-refractivity contribution in [2.75, 3.05) is 37.4 Å². The molecule has 158 valence electrons. The molecule has 0 bridgehead atoms. The van der Waals surface area contributed by atoms with Crippen LogP contribution in [0.25, 0.3) is 6.08 Å². The van der Waals surface area contributed by atoms with Crippen LogP contribution in [0, 0.1) is 0 Å². The van der Waals surface area contributed by atoms with E-state index in [9.17, 15) is 14.4 Å². The molecule has 0 spiro atoms. The number of ether oxygens (including phenoxy) is 1. The lowest BCUT2D eigenvalue weighted by molar-refractivity contribution is -0.137. The van der Waals surface area contributed by atoms with Crippen molar-refractivity contribution in [1.82, 2.24) is 4.90 Å². The first-order valence-electron chi connectivity index (χ1n) is 9.35. The summed E-state index contributed by atoms with van der Waals surface area (Å²) in [7, 11) is 1.70. The van der Waals surface area contributed by atoms with Crippen LogP contribution >= 0.6 is 15.9 Å². The summed E-state index contributed by atoms with van der Waals surface area (Å²) in [6, 6.07) is 14.4. The van der Waals surface area contributed by atoms with E-state index in [1.54, 1.807) is 55.3 Å².